The summed E-state index contributed by atoms with van der Waals surface area (Å²) in [6.45, 7) is 0.194. The van der Waals surface area contributed by atoms with Crippen molar-refractivity contribution in [3.8, 4) is 0 Å². The van der Waals surface area contributed by atoms with E-state index in [1.807, 2.05) is 5.43 Å². The lowest BCUT2D eigenvalue weighted by atomic mass is 10.2. The minimum Gasteiger partial charge on any atom is -0.358 e. The van der Waals surface area contributed by atoms with E-state index in [1.54, 1.807) is 11.4 Å². The number of halogens is 1. The van der Waals surface area contributed by atoms with Crippen LogP contribution in [0.25, 0.3) is 0 Å². The Morgan fingerprint density at radius 1 is 1.68 bits per heavy atom. The number of nitrogen functional groups attached to an aromatic ring is 1. The Kier molecular flexibility index (Phi) is 3.79. The molecule has 2 rings (SSSR count). The predicted octanol–water partition coefficient (Wildman–Crippen LogP) is 1.16. The zero-order valence-electron chi connectivity index (χ0n) is 9.37. The Hall–Kier alpha value is -1.97. The molecule has 0 unspecified atom stereocenters. The molecule has 0 radical (unpaired) electrons. The van der Waals surface area contributed by atoms with Crippen molar-refractivity contribution in [2.75, 3.05) is 0 Å². The third-order valence-electron chi connectivity index (χ3n) is 2.29. The van der Waals surface area contributed by atoms with Gasteiger partial charge in [0, 0.05) is 0 Å². The lowest BCUT2D eigenvalue weighted by molar-refractivity contribution is -0.389. The maximum Gasteiger partial charge on any atom is 0.408 e. The molecule has 0 bridgehead atoms. The molecular formula is C9H8ClN5O3S. The standard InChI is InChI=1S/C9H8ClN5O3S/c10-6-4-14(13-8(6)15(17)18)3-5-1-2-19-7(5)9(16)12-11/h1-2,4H,3,11H2,(H,12,16). The summed E-state index contributed by atoms with van der Waals surface area (Å²) in [5.41, 5.74) is 2.69. The summed E-state index contributed by atoms with van der Waals surface area (Å²) in [7, 11) is 0. The summed E-state index contributed by atoms with van der Waals surface area (Å²) in [6.07, 6.45) is 1.33. The number of amides is 1. The second kappa shape index (κ2) is 5.34. The Balaban J connectivity index is 2.27. The minimum absolute atomic E-state index is 0.0509. The van der Waals surface area contributed by atoms with Gasteiger partial charge in [0.15, 0.2) is 5.02 Å². The highest BCUT2D eigenvalue weighted by molar-refractivity contribution is 7.12. The molecule has 0 saturated heterocycles. The number of hydrogen-bond donors (Lipinski definition) is 2. The van der Waals surface area contributed by atoms with Gasteiger partial charge >= 0.3 is 5.82 Å². The number of nitrogens with zero attached hydrogens (tertiary/aromatic N) is 3. The van der Waals surface area contributed by atoms with E-state index in [0.29, 0.717) is 10.4 Å². The molecule has 1 amide bonds. The van der Waals surface area contributed by atoms with Gasteiger partial charge in [-0.05, 0) is 21.9 Å². The van der Waals surface area contributed by atoms with Crippen molar-refractivity contribution in [3.05, 3.63) is 43.2 Å². The fraction of sp³-hybridized carbons (Fsp3) is 0.111. The zero-order chi connectivity index (χ0) is 14.0. The maximum absolute atomic E-state index is 11.5. The van der Waals surface area contributed by atoms with Gasteiger partial charge in [-0.3, -0.25) is 10.2 Å². The van der Waals surface area contributed by atoms with E-state index >= 15 is 0 Å². The van der Waals surface area contributed by atoms with Crippen LogP contribution in [0, 0.1) is 10.1 Å². The van der Waals surface area contributed by atoms with Crippen molar-refractivity contribution >= 4 is 34.7 Å². The van der Waals surface area contributed by atoms with E-state index in [0.717, 1.165) is 0 Å². The van der Waals surface area contributed by atoms with Gasteiger partial charge in [-0.2, -0.15) is 4.68 Å². The number of nitrogens with one attached hydrogen (secondary N) is 1. The SMILES string of the molecule is NNC(=O)c1sccc1Cn1cc(Cl)c([N+](=O)[O-])n1. The molecular weight excluding hydrogens is 294 g/mol. The van der Waals surface area contributed by atoms with Crippen LogP contribution in [0.3, 0.4) is 0 Å². The van der Waals surface area contributed by atoms with Crippen LogP contribution in [0.4, 0.5) is 5.82 Å². The molecule has 10 heteroatoms. The third-order valence-corrected chi connectivity index (χ3v) is 3.51. The molecule has 100 valence electrons. The van der Waals surface area contributed by atoms with Crippen molar-refractivity contribution in [1.82, 2.24) is 15.2 Å². The van der Waals surface area contributed by atoms with Gasteiger partial charge in [0.2, 0.25) is 0 Å². The summed E-state index contributed by atoms with van der Waals surface area (Å²) >= 11 is 6.91. The van der Waals surface area contributed by atoms with Crippen LogP contribution in [-0.2, 0) is 6.54 Å². The molecule has 2 aromatic rings. The van der Waals surface area contributed by atoms with Gasteiger partial charge in [-0.25, -0.2) is 5.84 Å². The lowest BCUT2D eigenvalue weighted by Gasteiger charge is -2.00. The Labute approximate surface area is 115 Å². The summed E-state index contributed by atoms with van der Waals surface area (Å²) < 4.78 is 1.30. The molecule has 2 heterocycles. The highest BCUT2D eigenvalue weighted by Crippen LogP contribution is 2.23. The molecule has 3 N–H and O–H groups in total. The fourth-order valence-electron chi connectivity index (χ4n) is 1.49. The number of thiophene rings is 1. The highest BCUT2D eigenvalue weighted by atomic mass is 35.5. The molecule has 0 fully saturated rings. The molecule has 0 saturated carbocycles. The molecule has 0 aliphatic rings. The fourth-order valence-corrected chi connectivity index (χ4v) is 2.53. The van der Waals surface area contributed by atoms with Crippen molar-refractivity contribution < 1.29 is 9.72 Å². The average Bonchev–Trinajstić information content (AvgIpc) is 2.95. The van der Waals surface area contributed by atoms with Crippen molar-refractivity contribution in [2.24, 2.45) is 5.84 Å². The first-order valence-corrected chi connectivity index (χ1v) is 6.23. The topological polar surface area (TPSA) is 116 Å². The number of hydrazine groups is 1. The minimum atomic E-state index is -0.667. The Morgan fingerprint density at radius 3 is 3.00 bits per heavy atom. The van der Waals surface area contributed by atoms with Crippen LogP contribution in [0.2, 0.25) is 5.02 Å². The molecule has 19 heavy (non-hydrogen) atoms. The summed E-state index contributed by atoms with van der Waals surface area (Å²) in [6, 6.07) is 1.72. The van der Waals surface area contributed by atoms with Crippen molar-refractivity contribution in [1.29, 1.82) is 0 Å². The Bertz CT molecular complexity index is 638. The summed E-state index contributed by atoms with van der Waals surface area (Å²) in [4.78, 5) is 21.9. The van der Waals surface area contributed by atoms with Crippen molar-refractivity contribution in [2.45, 2.75) is 6.54 Å². The maximum atomic E-state index is 11.5. The first-order valence-electron chi connectivity index (χ1n) is 4.97. The summed E-state index contributed by atoms with van der Waals surface area (Å²) in [5.74, 6) is 4.23. The normalized spacial score (nSPS) is 10.4. The molecule has 0 atom stereocenters. The molecule has 0 aromatic carbocycles. The van der Waals surface area contributed by atoms with E-state index in [9.17, 15) is 14.9 Å². The van der Waals surface area contributed by atoms with Gasteiger partial charge < -0.3 is 10.1 Å². The van der Waals surface area contributed by atoms with E-state index in [2.05, 4.69) is 5.10 Å². The Morgan fingerprint density at radius 2 is 2.42 bits per heavy atom. The first-order chi connectivity index (χ1) is 9.02. The van der Waals surface area contributed by atoms with Crippen LogP contribution in [0.5, 0.6) is 0 Å². The number of nitro groups is 1. The predicted molar refractivity (Wildman–Crippen MR) is 69.0 cm³/mol. The van der Waals surface area contributed by atoms with Crippen LogP contribution < -0.4 is 11.3 Å². The first kappa shape index (κ1) is 13.5. The van der Waals surface area contributed by atoms with E-state index < -0.39 is 16.6 Å². The number of aromatic nitrogens is 2. The number of nitrogens with two attached hydrogens (primary N) is 1. The van der Waals surface area contributed by atoms with Gasteiger partial charge in [-0.1, -0.05) is 11.6 Å². The van der Waals surface area contributed by atoms with E-state index in [-0.39, 0.29) is 11.6 Å². The average molecular weight is 302 g/mol. The monoisotopic (exact) mass is 301 g/mol. The molecule has 0 aliphatic heterocycles. The second-order valence-electron chi connectivity index (χ2n) is 3.50. The van der Waals surface area contributed by atoms with Crippen LogP contribution in [0.15, 0.2) is 17.6 Å². The summed E-state index contributed by atoms with van der Waals surface area (Å²) in [5, 5.41) is 16.0. The van der Waals surface area contributed by atoms with Crippen molar-refractivity contribution in [3.63, 3.8) is 0 Å². The van der Waals surface area contributed by atoms with E-state index in [1.165, 1.54) is 22.2 Å². The van der Waals surface area contributed by atoms with Gasteiger partial charge in [0.05, 0.1) is 22.7 Å². The smallest absolute Gasteiger partial charge is 0.358 e. The molecule has 0 spiro atoms. The molecule has 8 nitrogen and oxygen atoms in total. The molecule has 0 aliphatic carbocycles. The third kappa shape index (κ3) is 2.72. The lowest BCUT2D eigenvalue weighted by Crippen LogP contribution is -2.30. The molecule has 2 aromatic heterocycles. The van der Waals surface area contributed by atoms with Gasteiger partial charge in [0.25, 0.3) is 5.91 Å². The highest BCUT2D eigenvalue weighted by Gasteiger charge is 2.20. The van der Waals surface area contributed by atoms with Crippen LogP contribution in [-0.4, -0.2) is 20.6 Å². The zero-order valence-corrected chi connectivity index (χ0v) is 10.9. The quantitative estimate of drug-likeness (QED) is 0.380. The number of rotatable bonds is 4. The number of carbonyl (C=O) groups excluding carboxylic acids is 1. The van der Waals surface area contributed by atoms with Gasteiger partial charge in [-0.15, -0.1) is 11.3 Å². The number of carbonyl (C=O) groups is 1. The number of hydrogen-bond acceptors (Lipinski definition) is 6. The van der Waals surface area contributed by atoms with Crippen LogP contribution >= 0.6 is 22.9 Å². The van der Waals surface area contributed by atoms with Gasteiger partial charge in [0.1, 0.15) is 0 Å². The van der Waals surface area contributed by atoms with E-state index in [4.69, 9.17) is 17.4 Å². The largest absolute Gasteiger partial charge is 0.408 e. The van der Waals surface area contributed by atoms with Crippen LogP contribution in [0.1, 0.15) is 15.2 Å². The second-order valence-corrected chi connectivity index (χ2v) is 4.83.